The first-order valence-corrected chi connectivity index (χ1v) is 9.54. The molecular formula is C21H23N3O5. The van der Waals surface area contributed by atoms with E-state index in [2.05, 4.69) is 15.5 Å². The highest BCUT2D eigenvalue weighted by Gasteiger charge is 2.16. The number of carbonyl (C=O) groups is 2. The molecule has 2 heterocycles. The van der Waals surface area contributed by atoms with Gasteiger partial charge in [-0.2, -0.15) is 0 Å². The molecule has 1 saturated heterocycles. The first kappa shape index (κ1) is 19.2. The van der Waals surface area contributed by atoms with E-state index in [4.69, 9.17) is 14.2 Å². The van der Waals surface area contributed by atoms with E-state index >= 15 is 0 Å². The number of carbonyl (C=O) groups excluding carboxylic acids is 2. The molecule has 2 aromatic carbocycles. The minimum absolute atomic E-state index is 0.122. The van der Waals surface area contributed by atoms with Crippen molar-refractivity contribution in [1.82, 2.24) is 10.2 Å². The van der Waals surface area contributed by atoms with Crippen molar-refractivity contribution in [3.8, 4) is 11.5 Å². The molecule has 4 rings (SSSR count). The molecule has 0 bridgehead atoms. The summed E-state index contributed by atoms with van der Waals surface area (Å²) < 4.78 is 15.8. The topological polar surface area (TPSA) is 89.1 Å². The molecule has 2 aliphatic heterocycles. The van der Waals surface area contributed by atoms with E-state index in [9.17, 15) is 9.59 Å². The summed E-state index contributed by atoms with van der Waals surface area (Å²) in [6.07, 6.45) is 0. The Kier molecular flexibility index (Phi) is 5.92. The maximum atomic E-state index is 12.2. The molecule has 0 atom stereocenters. The highest BCUT2D eigenvalue weighted by atomic mass is 16.7. The van der Waals surface area contributed by atoms with Crippen LogP contribution in [0.5, 0.6) is 11.5 Å². The zero-order valence-corrected chi connectivity index (χ0v) is 16.0. The third-order valence-corrected chi connectivity index (χ3v) is 4.79. The van der Waals surface area contributed by atoms with E-state index in [0.29, 0.717) is 22.7 Å². The third kappa shape index (κ3) is 5.04. The number of fused-ring (bicyclic) bond motifs is 1. The van der Waals surface area contributed by atoms with Crippen molar-refractivity contribution in [1.29, 1.82) is 0 Å². The summed E-state index contributed by atoms with van der Waals surface area (Å²) in [7, 11) is 0. The van der Waals surface area contributed by atoms with Gasteiger partial charge in [0.1, 0.15) is 0 Å². The standard InChI is InChI=1S/C21H23N3O5/c25-20(12-22-21(26)16-3-6-18-19(11-16)29-14-28-18)23-17-4-1-15(2-5-17)13-24-7-9-27-10-8-24/h1-6,11H,7-10,12-14H2,(H,22,26)(H,23,25). The van der Waals surface area contributed by atoms with Crippen molar-refractivity contribution in [3.63, 3.8) is 0 Å². The van der Waals surface area contributed by atoms with Crippen LogP contribution in [0, 0.1) is 0 Å². The van der Waals surface area contributed by atoms with Gasteiger partial charge in [0.15, 0.2) is 11.5 Å². The highest BCUT2D eigenvalue weighted by molar-refractivity contribution is 5.99. The summed E-state index contributed by atoms with van der Waals surface area (Å²) in [5, 5.41) is 5.40. The second kappa shape index (κ2) is 8.93. The first-order chi connectivity index (χ1) is 14.2. The number of morpholine rings is 1. The number of ether oxygens (including phenoxy) is 3. The second-order valence-electron chi connectivity index (χ2n) is 6.88. The molecule has 0 aromatic heterocycles. The summed E-state index contributed by atoms with van der Waals surface area (Å²) in [6.45, 7) is 4.29. The third-order valence-electron chi connectivity index (χ3n) is 4.79. The Hall–Kier alpha value is -3.10. The van der Waals surface area contributed by atoms with Crippen molar-refractivity contribution in [2.24, 2.45) is 0 Å². The van der Waals surface area contributed by atoms with Crippen LogP contribution in [0.3, 0.4) is 0 Å². The molecule has 2 N–H and O–H groups in total. The number of benzene rings is 2. The summed E-state index contributed by atoms with van der Waals surface area (Å²) in [6, 6.07) is 12.6. The Labute approximate surface area is 168 Å². The minimum atomic E-state index is -0.348. The van der Waals surface area contributed by atoms with Crippen LogP contribution in [0.2, 0.25) is 0 Å². The van der Waals surface area contributed by atoms with Crippen LogP contribution < -0.4 is 20.1 Å². The zero-order chi connectivity index (χ0) is 20.1. The average Bonchev–Trinajstić information content (AvgIpc) is 3.22. The number of nitrogens with zero attached hydrogens (tertiary/aromatic N) is 1. The summed E-state index contributed by atoms with van der Waals surface area (Å²) in [4.78, 5) is 26.7. The lowest BCUT2D eigenvalue weighted by molar-refractivity contribution is -0.115. The molecule has 0 saturated carbocycles. The van der Waals surface area contributed by atoms with Crippen LogP contribution in [-0.2, 0) is 16.1 Å². The lowest BCUT2D eigenvalue weighted by Gasteiger charge is -2.26. The van der Waals surface area contributed by atoms with Gasteiger partial charge in [-0.25, -0.2) is 0 Å². The Bertz CT molecular complexity index is 878. The molecular weight excluding hydrogens is 374 g/mol. The normalized spacial score (nSPS) is 15.7. The predicted molar refractivity (Wildman–Crippen MR) is 106 cm³/mol. The Morgan fingerprint density at radius 3 is 2.52 bits per heavy atom. The summed E-state index contributed by atoms with van der Waals surface area (Å²) in [5.74, 6) is 0.495. The van der Waals surface area contributed by atoms with Gasteiger partial charge in [-0.1, -0.05) is 12.1 Å². The van der Waals surface area contributed by atoms with E-state index in [1.807, 2.05) is 24.3 Å². The fraction of sp³-hybridized carbons (Fsp3) is 0.333. The fourth-order valence-electron chi connectivity index (χ4n) is 3.22. The van der Waals surface area contributed by atoms with Gasteiger partial charge < -0.3 is 24.8 Å². The molecule has 0 spiro atoms. The monoisotopic (exact) mass is 397 g/mol. The summed E-state index contributed by atoms with van der Waals surface area (Å²) in [5.41, 5.74) is 2.29. The minimum Gasteiger partial charge on any atom is -0.454 e. The predicted octanol–water partition coefficient (Wildman–Crippen LogP) is 1.62. The quantitative estimate of drug-likeness (QED) is 0.770. The van der Waals surface area contributed by atoms with Crippen LogP contribution in [0.25, 0.3) is 0 Å². The van der Waals surface area contributed by atoms with Crippen molar-refractivity contribution in [2.45, 2.75) is 6.54 Å². The van der Waals surface area contributed by atoms with Crippen LogP contribution in [0.4, 0.5) is 5.69 Å². The maximum absolute atomic E-state index is 12.2. The van der Waals surface area contributed by atoms with E-state index in [1.54, 1.807) is 18.2 Å². The van der Waals surface area contributed by atoms with Crippen LogP contribution in [0.1, 0.15) is 15.9 Å². The number of rotatable bonds is 6. The van der Waals surface area contributed by atoms with Crippen molar-refractivity contribution < 1.29 is 23.8 Å². The van der Waals surface area contributed by atoms with Gasteiger partial charge in [0, 0.05) is 30.9 Å². The fourth-order valence-corrected chi connectivity index (χ4v) is 3.22. The van der Waals surface area contributed by atoms with Gasteiger partial charge in [0.2, 0.25) is 12.7 Å². The number of anilines is 1. The molecule has 2 amide bonds. The van der Waals surface area contributed by atoms with Crippen LogP contribution in [-0.4, -0.2) is 56.4 Å². The van der Waals surface area contributed by atoms with E-state index in [0.717, 1.165) is 32.8 Å². The molecule has 0 aliphatic carbocycles. The number of nitrogens with one attached hydrogen (secondary N) is 2. The lowest BCUT2D eigenvalue weighted by atomic mass is 10.2. The van der Waals surface area contributed by atoms with Gasteiger partial charge in [-0.3, -0.25) is 14.5 Å². The smallest absolute Gasteiger partial charge is 0.251 e. The molecule has 0 unspecified atom stereocenters. The first-order valence-electron chi connectivity index (χ1n) is 9.54. The number of amides is 2. The highest BCUT2D eigenvalue weighted by Crippen LogP contribution is 2.32. The van der Waals surface area contributed by atoms with E-state index < -0.39 is 0 Å². The summed E-state index contributed by atoms with van der Waals surface area (Å²) >= 11 is 0. The molecule has 8 nitrogen and oxygen atoms in total. The van der Waals surface area contributed by atoms with Crippen molar-refractivity contribution in [3.05, 3.63) is 53.6 Å². The maximum Gasteiger partial charge on any atom is 0.251 e. The van der Waals surface area contributed by atoms with Gasteiger partial charge in [-0.05, 0) is 35.9 Å². The molecule has 8 heteroatoms. The van der Waals surface area contributed by atoms with Gasteiger partial charge >= 0.3 is 0 Å². The van der Waals surface area contributed by atoms with Gasteiger partial charge in [0.05, 0.1) is 19.8 Å². The number of hydrogen-bond acceptors (Lipinski definition) is 6. The molecule has 0 radical (unpaired) electrons. The van der Waals surface area contributed by atoms with Gasteiger partial charge in [-0.15, -0.1) is 0 Å². The largest absolute Gasteiger partial charge is 0.454 e. The van der Waals surface area contributed by atoms with Crippen LogP contribution in [0.15, 0.2) is 42.5 Å². The Balaban J connectivity index is 1.24. The zero-order valence-electron chi connectivity index (χ0n) is 16.0. The lowest BCUT2D eigenvalue weighted by Crippen LogP contribution is -2.35. The average molecular weight is 397 g/mol. The molecule has 2 aromatic rings. The van der Waals surface area contributed by atoms with E-state index in [1.165, 1.54) is 5.56 Å². The molecule has 1 fully saturated rings. The van der Waals surface area contributed by atoms with Crippen molar-refractivity contribution in [2.75, 3.05) is 45.0 Å². The Morgan fingerprint density at radius 2 is 1.72 bits per heavy atom. The van der Waals surface area contributed by atoms with Gasteiger partial charge in [0.25, 0.3) is 5.91 Å². The molecule has 152 valence electrons. The van der Waals surface area contributed by atoms with E-state index in [-0.39, 0.29) is 25.2 Å². The van der Waals surface area contributed by atoms with Crippen LogP contribution >= 0.6 is 0 Å². The second-order valence-corrected chi connectivity index (χ2v) is 6.88. The molecule has 2 aliphatic rings. The Morgan fingerprint density at radius 1 is 0.966 bits per heavy atom. The van der Waals surface area contributed by atoms with Crippen molar-refractivity contribution >= 4 is 17.5 Å². The number of hydrogen-bond donors (Lipinski definition) is 2. The SMILES string of the molecule is O=C(CNC(=O)c1ccc2c(c1)OCO2)Nc1ccc(CN2CCOCC2)cc1. The molecule has 29 heavy (non-hydrogen) atoms.